The van der Waals surface area contributed by atoms with Crippen LogP contribution in [0.25, 0.3) is 0 Å². The van der Waals surface area contributed by atoms with Gasteiger partial charge in [0.05, 0.1) is 0 Å². The summed E-state index contributed by atoms with van der Waals surface area (Å²) in [5.41, 5.74) is 0. The molecular weight excluding hydrogens is 185 g/mol. The van der Waals surface area contributed by atoms with Crippen LogP contribution in [0.1, 0.15) is 28.2 Å². The predicted molar refractivity (Wildman–Crippen MR) is 41.8 cm³/mol. The van der Waals surface area contributed by atoms with Crippen LogP contribution in [-0.4, -0.2) is 0 Å². The van der Waals surface area contributed by atoms with Crippen molar-refractivity contribution in [1.29, 1.82) is 0 Å². The zero-order valence-electron chi connectivity index (χ0n) is 5.89. The Balaban J connectivity index is -0.0000000233. The predicted octanol–water partition coefficient (Wildman–Crippen LogP) is 3.21. The maximum absolute atomic E-state index is 4.72. The molecule has 0 N–H and O–H groups in total. The smallest absolute Gasteiger partial charge is 0 e. The van der Waals surface area contributed by atoms with E-state index in [1.165, 1.54) is 6.08 Å². The SMILES string of the molecule is C.C/C=C/C.[CH-]=CC.[Y]. The molecule has 0 aliphatic heterocycles. The molecule has 9 heavy (non-hydrogen) atoms. The van der Waals surface area contributed by atoms with Crippen molar-refractivity contribution in [1.82, 2.24) is 0 Å². The van der Waals surface area contributed by atoms with Crippen LogP contribution in [0.15, 0.2) is 18.2 Å². The largest absolute Gasteiger partial charge is 0.518 e. The number of allylic oxidation sites excluding steroid dienone is 3. The molecule has 1 heteroatoms. The third-order valence-electron chi connectivity index (χ3n) is 0.333. The second-order valence-corrected chi connectivity index (χ2v) is 1.00. The Hall–Kier alpha value is 0.584. The van der Waals surface area contributed by atoms with Crippen LogP contribution in [0.3, 0.4) is 0 Å². The molecule has 0 saturated heterocycles. The first-order valence-electron chi connectivity index (χ1n) is 2.40. The summed E-state index contributed by atoms with van der Waals surface area (Å²) in [7, 11) is 0. The molecule has 0 amide bonds. The summed E-state index contributed by atoms with van der Waals surface area (Å²) in [6.45, 7) is 10.5. The first-order chi connectivity index (χ1) is 3.33. The average molecular weight is 202 g/mol. The molecule has 0 rings (SSSR count). The molecule has 0 aromatic rings. The third kappa shape index (κ3) is 148. The number of hydrogen-bond acceptors (Lipinski definition) is 0. The first kappa shape index (κ1) is 22.6. The molecule has 0 bridgehead atoms. The summed E-state index contributed by atoms with van der Waals surface area (Å²) in [4.78, 5) is 0. The summed E-state index contributed by atoms with van der Waals surface area (Å²) in [6, 6.07) is 0. The van der Waals surface area contributed by atoms with E-state index in [-0.39, 0.29) is 40.1 Å². The van der Waals surface area contributed by atoms with E-state index in [0.717, 1.165) is 0 Å². The minimum atomic E-state index is 0. The van der Waals surface area contributed by atoms with Gasteiger partial charge in [0.2, 0.25) is 0 Å². The van der Waals surface area contributed by atoms with Crippen molar-refractivity contribution in [3.05, 3.63) is 24.8 Å². The van der Waals surface area contributed by atoms with E-state index < -0.39 is 0 Å². The number of rotatable bonds is 0. The van der Waals surface area contributed by atoms with Gasteiger partial charge in [0.15, 0.2) is 0 Å². The normalized spacial score (nSPS) is 5.67. The maximum Gasteiger partial charge on any atom is 0 e. The monoisotopic (exact) mass is 202 g/mol. The molecule has 0 aromatic heterocycles. The summed E-state index contributed by atoms with van der Waals surface area (Å²) >= 11 is 0. The third-order valence-corrected chi connectivity index (χ3v) is 0.333. The van der Waals surface area contributed by atoms with E-state index in [0.29, 0.717) is 0 Å². The summed E-state index contributed by atoms with van der Waals surface area (Å²) < 4.78 is 0. The van der Waals surface area contributed by atoms with E-state index in [9.17, 15) is 0 Å². The molecule has 0 spiro atoms. The van der Waals surface area contributed by atoms with Gasteiger partial charge >= 0.3 is 0 Å². The second-order valence-electron chi connectivity index (χ2n) is 1.00. The topological polar surface area (TPSA) is 0 Å². The molecule has 53 valence electrons. The Kier molecular flexibility index (Phi) is 96.7. The van der Waals surface area contributed by atoms with Crippen molar-refractivity contribution in [2.45, 2.75) is 28.2 Å². The van der Waals surface area contributed by atoms with Gasteiger partial charge in [-0.15, -0.1) is 0 Å². The van der Waals surface area contributed by atoms with E-state index in [4.69, 9.17) is 6.58 Å². The van der Waals surface area contributed by atoms with Crippen molar-refractivity contribution in [2.75, 3.05) is 0 Å². The summed E-state index contributed by atoms with van der Waals surface area (Å²) in [6.07, 6.45) is 5.50. The van der Waals surface area contributed by atoms with Crippen molar-refractivity contribution < 1.29 is 32.7 Å². The van der Waals surface area contributed by atoms with Gasteiger partial charge in [-0.1, -0.05) is 26.5 Å². The van der Waals surface area contributed by atoms with Gasteiger partial charge in [-0.25, -0.2) is 0 Å². The van der Waals surface area contributed by atoms with Gasteiger partial charge in [0, 0.05) is 32.7 Å². The van der Waals surface area contributed by atoms with Crippen molar-refractivity contribution in [3.8, 4) is 0 Å². The molecule has 0 aliphatic rings. The summed E-state index contributed by atoms with van der Waals surface area (Å²) in [5.74, 6) is 0. The van der Waals surface area contributed by atoms with Gasteiger partial charge in [-0.3, -0.25) is 6.08 Å². The molecule has 0 saturated carbocycles. The number of hydrogen-bond donors (Lipinski definition) is 0. The van der Waals surface area contributed by atoms with Gasteiger partial charge in [-0.05, 0) is 13.8 Å². The van der Waals surface area contributed by atoms with Crippen LogP contribution in [0.5, 0.6) is 0 Å². The fourth-order valence-corrected chi connectivity index (χ4v) is 0. The van der Waals surface area contributed by atoms with Gasteiger partial charge < -0.3 is 6.58 Å². The van der Waals surface area contributed by atoms with Crippen molar-refractivity contribution >= 4 is 0 Å². The van der Waals surface area contributed by atoms with E-state index in [1.54, 1.807) is 6.92 Å². The maximum atomic E-state index is 4.72. The van der Waals surface area contributed by atoms with Crippen LogP contribution in [-0.2, 0) is 32.7 Å². The molecule has 0 atom stereocenters. The second kappa shape index (κ2) is 38.4. The fraction of sp³-hybridized carbons (Fsp3) is 0.500. The Morgan fingerprint density at radius 1 is 1.00 bits per heavy atom. The van der Waals surface area contributed by atoms with Gasteiger partial charge in [0.25, 0.3) is 0 Å². The fourth-order valence-electron chi connectivity index (χ4n) is 0. The van der Waals surface area contributed by atoms with Crippen LogP contribution in [0.2, 0.25) is 0 Å². The zero-order chi connectivity index (χ0) is 6.12. The van der Waals surface area contributed by atoms with Gasteiger partial charge in [0.1, 0.15) is 0 Å². The zero-order valence-corrected chi connectivity index (χ0v) is 8.73. The van der Waals surface area contributed by atoms with E-state index >= 15 is 0 Å². The minimum Gasteiger partial charge on any atom is -0.518 e. The molecule has 0 fully saturated rings. The molecule has 0 unspecified atom stereocenters. The van der Waals surface area contributed by atoms with E-state index in [1.807, 2.05) is 26.0 Å². The molecule has 0 nitrogen and oxygen atoms in total. The molecule has 0 aromatic carbocycles. The average Bonchev–Trinajstić information content (AvgIpc) is 1.69. The minimum absolute atomic E-state index is 0. The van der Waals surface area contributed by atoms with Crippen LogP contribution >= 0.6 is 0 Å². The summed E-state index contributed by atoms with van der Waals surface area (Å²) in [5, 5.41) is 0. The quantitative estimate of drug-likeness (QED) is 0.418. The molecule has 0 aliphatic carbocycles. The van der Waals surface area contributed by atoms with Crippen molar-refractivity contribution in [2.24, 2.45) is 0 Å². The molecular formula is C8H17Y-. The van der Waals surface area contributed by atoms with Gasteiger partial charge in [-0.2, -0.15) is 0 Å². The van der Waals surface area contributed by atoms with Crippen LogP contribution in [0, 0.1) is 6.58 Å². The molecule has 1 radical (unpaired) electrons. The molecule has 0 heterocycles. The van der Waals surface area contributed by atoms with E-state index in [2.05, 4.69) is 0 Å². The van der Waals surface area contributed by atoms with Crippen LogP contribution < -0.4 is 0 Å². The Bertz CT molecular complexity index is 42.5. The standard InChI is InChI=1S/C4H8.C3H5.CH4.Y/c1-3-4-2;1-3-2;;/h3-4H,1-2H3;1,3H,2H3;1H4;/q;-1;;/b4-3+;;;. The van der Waals surface area contributed by atoms with Crippen LogP contribution in [0.4, 0.5) is 0 Å². The Morgan fingerprint density at radius 2 is 1.11 bits per heavy atom. The Labute approximate surface area is 85.3 Å². The Morgan fingerprint density at radius 3 is 1.11 bits per heavy atom. The first-order valence-corrected chi connectivity index (χ1v) is 2.40. The van der Waals surface area contributed by atoms with Crippen molar-refractivity contribution in [3.63, 3.8) is 0 Å².